The fourth-order valence-corrected chi connectivity index (χ4v) is 1.51. The summed E-state index contributed by atoms with van der Waals surface area (Å²) in [4.78, 5) is 0. The first-order chi connectivity index (χ1) is 11.0. The zero-order chi connectivity index (χ0) is 18.9. The largest absolute Gasteiger partial charge is 2.00 e. The molecule has 0 spiro atoms. The van der Waals surface area contributed by atoms with Gasteiger partial charge in [0.2, 0.25) is 0 Å². The fourth-order valence-electron chi connectivity index (χ4n) is 1.51. The minimum atomic E-state index is -2.85. The van der Waals surface area contributed by atoms with Gasteiger partial charge in [0.1, 0.15) is 0 Å². The van der Waals surface area contributed by atoms with E-state index in [1.807, 2.05) is 24.3 Å². The zero-order valence-corrected chi connectivity index (χ0v) is 14.8. The fraction of sp³-hybridized carbons (Fsp3) is 0. The number of anilines is 4. The van der Waals surface area contributed by atoms with Gasteiger partial charge in [0, 0.05) is 0 Å². The van der Waals surface area contributed by atoms with Gasteiger partial charge in [-0.3, -0.25) is 0 Å². The first-order valence-electron chi connectivity index (χ1n) is 5.81. The van der Waals surface area contributed by atoms with Crippen molar-refractivity contribution in [3.63, 3.8) is 0 Å². The molecule has 0 aliphatic carbocycles. The zero-order valence-electron chi connectivity index (χ0n) is 12.3. The Balaban J connectivity index is 0. The number of hydrogen-bond donors (Lipinski definition) is 4. The van der Waals surface area contributed by atoms with Crippen molar-refractivity contribution in [2.24, 2.45) is 0 Å². The van der Waals surface area contributed by atoms with Crippen molar-refractivity contribution in [1.29, 1.82) is 0 Å². The van der Waals surface area contributed by atoms with Crippen LogP contribution in [0.4, 0.5) is 22.7 Å². The minimum Gasteiger partial charge on any atom is -0.397 e. The second-order valence-corrected chi connectivity index (χ2v) is 4.82. The molecule has 0 aliphatic rings. The molecule has 0 atom stereocenters. The normalized spacial score (nSPS) is 9.44. The van der Waals surface area contributed by atoms with Crippen molar-refractivity contribution in [2.45, 2.75) is 0 Å². The Labute approximate surface area is 159 Å². The van der Waals surface area contributed by atoms with Gasteiger partial charge >= 0.3 is 16.5 Å². The van der Waals surface area contributed by atoms with Gasteiger partial charge in [0.15, 0.2) is 0 Å². The van der Waals surface area contributed by atoms with Crippen LogP contribution in [0.3, 0.4) is 0 Å². The Hall–Kier alpha value is -1.53. The molecule has 142 valence electrons. The van der Waals surface area contributed by atoms with E-state index in [-0.39, 0.29) is 16.5 Å². The average molecular weight is 440 g/mol. The molecule has 2 rings (SSSR count). The number of rotatable bonds is 1. The Morgan fingerprint density at radius 1 is 0.520 bits per heavy atom. The van der Waals surface area contributed by atoms with Gasteiger partial charge in [0.25, 0.3) is 0 Å². The van der Waals surface area contributed by atoms with E-state index in [1.54, 1.807) is 12.1 Å². The number of halogens is 2. The summed E-state index contributed by atoms with van der Waals surface area (Å²) in [6.07, 6.45) is 0. The van der Waals surface area contributed by atoms with Gasteiger partial charge < -0.3 is 50.9 Å². The minimum absolute atomic E-state index is 0. The van der Waals surface area contributed by atoms with Crippen molar-refractivity contribution in [3.8, 4) is 11.1 Å². The van der Waals surface area contributed by atoms with Gasteiger partial charge in [0.05, 0.1) is 44.3 Å². The molecule has 0 saturated heterocycles. The summed E-state index contributed by atoms with van der Waals surface area (Å²) < 4.78 is 50.4. The third-order valence-corrected chi connectivity index (χ3v) is 2.51. The Bertz CT molecular complexity index is 590. The van der Waals surface area contributed by atoms with E-state index < -0.39 is 21.6 Å². The first kappa shape index (κ1) is 25.7. The molecule has 0 amide bonds. The van der Waals surface area contributed by atoms with Gasteiger partial charge in [-0.25, -0.2) is 0 Å². The predicted octanol–water partition coefficient (Wildman–Crippen LogP) is -5.45. The molecule has 0 unspecified atom stereocenters. The Kier molecular flexibility index (Phi) is 13.1. The molecule has 0 heterocycles. The molecule has 0 radical (unpaired) electrons. The van der Waals surface area contributed by atoms with Crippen molar-refractivity contribution in [3.05, 3.63) is 36.4 Å². The van der Waals surface area contributed by atoms with E-state index in [2.05, 4.69) is 0 Å². The average Bonchev–Trinajstić information content (AvgIpc) is 2.44. The van der Waals surface area contributed by atoms with Crippen molar-refractivity contribution in [1.82, 2.24) is 0 Å². The van der Waals surface area contributed by atoms with Crippen LogP contribution in [-0.4, -0.2) is 0 Å². The second kappa shape index (κ2) is 12.8. The predicted molar refractivity (Wildman–Crippen MR) is 69.5 cm³/mol. The molecule has 2 aromatic carbocycles. The van der Waals surface area contributed by atoms with Crippen molar-refractivity contribution in [2.75, 3.05) is 22.9 Å². The molecule has 10 nitrogen and oxygen atoms in total. The number of hydrogen-bond acceptors (Lipinski definition) is 10. The maximum atomic E-state index is 8.41. The summed E-state index contributed by atoms with van der Waals surface area (Å²) in [7, 11) is -5.70. The van der Waals surface area contributed by atoms with Crippen molar-refractivity contribution < 1.29 is 66.0 Å². The number of nitrogens with two attached hydrogens (primary N) is 4. The molecule has 13 heteroatoms. The van der Waals surface area contributed by atoms with E-state index in [0.29, 0.717) is 22.7 Å². The maximum absolute atomic E-state index is 8.41. The summed E-state index contributed by atoms with van der Waals surface area (Å²) in [6.45, 7) is 0. The third kappa shape index (κ3) is 11.6. The summed E-state index contributed by atoms with van der Waals surface area (Å²) >= 11 is 0. The monoisotopic (exact) mass is 438 g/mol. The number of benzene rings is 2. The third-order valence-electron chi connectivity index (χ3n) is 2.51. The van der Waals surface area contributed by atoms with E-state index in [0.717, 1.165) is 11.1 Å². The molecule has 0 fully saturated rings. The molecule has 8 N–H and O–H groups in total. The van der Waals surface area contributed by atoms with Crippen LogP contribution in [0.2, 0.25) is 0 Å². The van der Waals surface area contributed by atoms with Crippen LogP contribution in [0.1, 0.15) is 0 Å². The molecule has 0 aromatic heterocycles. The van der Waals surface area contributed by atoms with Crippen molar-refractivity contribution >= 4 is 22.7 Å². The van der Waals surface area contributed by atoms with Gasteiger partial charge in [-0.1, -0.05) is 12.1 Å². The molecule has 2 aromatic rings. The van der Waals surface area contributed by atoms with E-state index >= 15 is 0 Å². The van der Waals surface area contributed by atoms with Crippen LogP contribution in [0, 0.1) is 21.6 Å². The maximum Gasteiger partial charge on any atom is 2.00 e. The molecule has 0 aliphatic heterocycles. The molecule has 0 bridgehead atoms. The van der Waals surface area contributed by atoms with E-state index in [1.165, 1.54) is 0 Å². The SMILES string of the molecule is Nc1ccc(-c2ccc(N)c(N)c2)cc1N.[Ni+2].[O-][Cl+2]([O-])[O-].[O-][Cl+2]([O-])[O-]. The molecular weight excluding hydrogens is 426 g/mol. The smallest absolute Gasteiger partial charge is 0.397 e. The number of nitrogen functional groups attached to an aromatic ring is 4. The van der Waals surface area contributed by atoms with Crippen LogP contribution < -0.4 is 50.9 Å². The van der Waals surface area contributed by atoms with Crippen LogP contribution in [0.15, 0.2) is 36.4 Å². The summed E-state index contributed by atoms with van der Waals surface area (Å²) in [5, 5.41) is 0. The quantitative estimate of drug-likeness (QED) is 0.242. The van der Waals surface area contributed by atoms with Gasteiger partial charge in [-0.15, -0.1) is 0 Å². The molecular formula is C12H14Cl2N4NiO6. The molecule has 0 saturated carbocycles. The standard InChI is InChI=1S/C12H14N4.2ClO3.Ni/c13-9-3-1-7(5-11(9)15)8-2-4-10(14)12(16)6-8;2*2-1(3)4;/h1-6H,13-16H2;;;/q;2*-1;+2. The topological polar surface area (TPSA) is 242 Å². The second-order valence-electron chi connectivity index (χ2n) is 4.07. The molecule has 25 heavy (non-hydrogen) atoms. The summed E-state index contributed by atoms with van der Waals surface area (Å²) in [6, 6.07) is 11.0. The van der Waals surface area contributed by atoms with E-state index in [9.17, 15) is 0 Å². The van der Waals surface area contributed by atoms with Gasteiger partial charge in [-0.2, -0.15) is 0 Å². The van der Waals surface area contributed by atoms with Crippen LogP contribution >= 0.6 is 0 Å². The van der Waals surface area contributed by atoms with E-state index in [4.69, 9.17) is 50.9 Å². The Morgan fingerprint density at radius 2 is 0.760 bits per heavy atom. The van der Waals surface area contributed by atoms with Crippen LogP contribution in [-0.2, 0) is 16.5 Å². The summed E-state index contributed by atoms with van der Waals surface area (Å²) in [5.41, 5.74) is 27.0. The Morgan fingerprint density at radius 3 is 0.960 bits per heavy atom. The summed E-state index contributed by atoms with van der Waals surface area (Å²) in [5.74, 6) is 0. The van der Waals surface area contributed by atoms with Gasteiger partial charge in [-0.05, 0) is 35.4 Å². The first-order valence-corrected chi connectivity index (χ1v) is 7.66. The van der Waals surface area contributed by atoms with Crippen LogP contribution in [0.5, 0.6) is 0 Å². The van der Waals surface area contributed by atoms with Crippen LogP contribution in [0.25, 0.3) is 11.1 Å².